The van der Waals surface area contributed by atoms with Crippen LogP contribution in [0.25, 0.3) is 0 Å². The van der Waals surface area contributed by atoms with E-state index in [0.29, 0.717) is 12.3 Å². The minimum absolute atomic E-state index is 0.163. The van der Waals surface area contributed by atoms with Gasteiger partial charge in [-0.05, 0) is 36.7 Å². The summed E-state index contributed by atoms with van der Waals surface area (Å²) < 4.78 is 10.6. The molecule has 1 aliphatic rings. The molecule has 0 amide bonds. The zero-order valence-corrected chi connectivity index (χ0v) is 13.9. The van der Waals surface area contributed by atoms with Crippen molar-refractivity contribution in [3.05, 3.63) is 23.3 Å². The molecule has 6 nitrogen and oxygen atoms in total. The van der Waals surface area contributed by atoms with Crippen molar-refractivity contribution in [3.63, 3.8) is 0 Å². The molecule has 1 aliphatic heterocycles. The number of aromatic hydroxyl groups is 1. The van der Waals surface area contributed by atoms with Gasteiger partial charge in [0.25, 0.3) is 0 Å². The summed E-state index contributed by atoms with van der Waals surface area (Å²) in [5.74, 6) is 0.665. The van der Waals surface area contributed by atoms with Gasteiger partial charge >= 0.3 is 0 Å². The lowest BCUT2D eigenvalue weighted by molar-refractivity contribution is 0.0340. The average molecular weight is 319 g/mol. The number of hydrogen-bond donors (Lipinski definition) is 1. The van der Waals surface area contributed by atoms with Crippen molar-refractivity contribution in [3.8, 4) is 17.6 Å². The van der Waals surface area contributed by atoms with Crippen LogP contribution in [0.4, 0.5) is 0 Å². The Morgan fingerprint density at radius 3 is 2.74 bits per heavy atom. The van der Waals surface area contributed by atoms with Gasteiger partial charge in [-0.2, -0.15) is 5.26 Å². The molecule has 0 atom stereocenters. The molecule has 1 N–H and O–H groups in total. The molecular formula is C17H25N3O3. The molecule has 0 unspecified atom stereocenters. The van der Waals surface area contributed by atoms with Gasteiger partial charge in [0.1, 0.15) is 0 Å². The van der Waals surface area contributed by atoms with Crippen molar-refractivity contribution in [2.24, 2.45) is 0 Å². The highest BCUT2D eigenvalue weighted by molar-refractivity contribution is 5.46. The highest BCUT2D eigenvalue weighted by atomic mass is 16.5. The van der Waals surface area contributed by atoms with Gasteiger partial charge in [-0.25, -0.2) is 0 Å². The summed E-state index contributed by atoms with van der Waals surface area (Å²) >= 11 is 0. The van der Waals surface area contributed by atoms with E-state index in [2.05, 4.69) is 11.0 Å². The standard InChI is InChI=1S/C17H25N3O3/c1-19(6-4-18)5-3-14-11-16(21)17(22-2)12-15(14)13-20-7-9-23-10-8-20/h11-12,21H,3,5-10,13H2,1-2H3. The molecule has 1 heterocycles. The van der Waals surface area contributed by atoms with Crippen molar-refractivity contribution in [1.29, 1.82) is 5.26 Å². The van der Waals surface area contributed by atoms with E-state index in [0.717, 1.165) is 56.9 Å². The first kappa shape index (κ1) is 17.5. The van der Waals surface area contributed by atoms with E-state index >= 15 is 0 Å². The monoisotopic (exact) mass is 319 g/mol. The minimum atomic E-state index is 0.163. The maximum Gasteiger partial charge on any atom is 0.160 e. The third-order valence-corrected chi connectivity index (χ3v) is 4.10. The second kappa shape index (κ2) is 8.73. The Hall–Kier alpha value is -1.81. The third kappa shape index (κ3) is 5.10. The first-order chi connectivity index (χ1) is 11.1. The predicted molar refractivity (Wildman–Crippen MR) is 87.6 cm³/mol. The zero-order chi connectivity index (χ0) is 16.7. The Morgan fingerprint density at radius 1 is 1.35 bits per heavy atom. The molecule has 1 aromatic rings. The second-order valence-corrected chi connectivity index (χ2v) is 5.83. The Balaban J connectivity index is 2.13. The largest absolute Gasteiger partial charge is 0.504 e. The number of methoxy groups -OCH3 is 1. The fraction of sp³-hybridized carbons (Fsp3) is 0.588. The first-order valence-electron chi connectivity index (χ1n) is 7.88. The van der Waals surface area contributed by atoms with Crippen LogP contribution >= 0.6 is 0 Å². The highest BCUT2D eigenvalue weighted by Gasteiger charge is 2.16. The van der Waals surface area contributed by atoms with Crippen molar-refractivity contribution in [2.45, 2.75) is 13.0 Å². The van der Waals surface area contributed by atoms with Gasteiger partial charge in [0.2, 0.25) is 0 Å². The van der Waals surface area contributed by atoms with Gasteiger partial charge in [0.05, 0.1) is 32.9 Å². The molecule has 0 aromatic heterocycles. The Labute approximate surface area is 137 Å². The lowest BCUT2D eigenvalue weighted by Crippen LogP contribution is -2.36. The fourth-order valence-corrected chi connectivity index (χ4v) is 2.71. The maximum atomic E-state index is 10.1. The Bertz CT molecular complexity index is 551. The number of morpholine rings is 1. The number of ether oxygens (including phenoxy) is 2. The summed E-state index contributed by atoms with van der Waals surface area (Å²) in [5.41, 5.74) is 2.26. The van der Waals surface area contributed by atoms with Gasteiger partial charge < -0.3 is 14.6 Å². The number of nitrogens with zero attached hydrogens (tertiary/aromatic N) is 3. The lowest BCUT2D eigenvalue weighted by Gasteiger charge is -2.28. The summed E-state index contributed by atoms with van der Waals surface area (Å²) in [7, 11) is 3.49. The highest BCUT2D eigenvalue weighted by Crippen LogP contribution is 2.30. The summed E-state index contributed by atoms with van der Waals surface area (Å²) in [6, 6.07) is 5.86. The van der Waals surface area contributed by atoms with Crippen LogP contribution in [0.2, 0.25) is 0 Å². The molecule has 0 saturated carbocycles. The predicted octanol–water partition coefficient (Wildman–Crippen LogP) is 1.23. The molecule has 0 bridgehead atoms. The Kier molecular flexibility index (Phi) is 6.66. The van der Waals surface area contributed by atoms with Crippen LogP contribution in [0.3, 0.4) is 0 Å². The SMILES string of the molecule is COc1cc(CN2CCOCC2)c(CCN(C)CC#N)cc1O. The number of likely N-dealkylation sites (N-methyl/N-ethyl adjacent to an activating group) is 1. The van der Waals surface area contributed by atoms with Crippen LogP contribution in [-0.2, 0) is 17.7 Å². The van der Waals surface area contributed by atoms with Crippen molar-refractivity contribution in [2.75, 3.05) is 53.6 Å². The zero-order valence-electron chi connectivity index (χ0n) is 13.9. The van der Waals surface area contributed by atoms with E-state index in [9.17, 15) is 5.11 Å². The average Bonchev–Trinajstić information content (AvgIpc) is 2.56. The van der Waals surface area contributed by atoms with E-state index < -0.39 is 0 Å². The quantitative estimate of drug-likeness (QED) is 0.763. The molecular weight excluding hydrogens is 294 g/mol. The molecule has 0 radical (unpaired) electrons. The molecule has 1 aromatic carbocycles. The van der Waals surface area contributed by atoms with Crippen LogP contribution in [0.5, 0.6) is 11.5 Å². The number of phenols is 1. The number of benzene rings is 1. The maximum absolute atomic E-state index is 10.1. The van der Waals surface area contributed by atoms with E-state index in [-0.39, 0.29) is 5.75 Å². The van der Waals surface area contributed by atoms with Crippen LogP contribution in [0.15, 0.2) is 12.1 Å². The molecule has 0 aliphatic carbocycles. The first-order valence-corrected chi connectivity index (χ1v) is 7.88. The molecule has 126 valence electrons. The van der Waals surface area contributed by atoms with E-state index in [1.165, 1.54) is 0 Å². The van der Waals surface area contributed by atoms with Crippen LogP contribution in [0.1, 0.15) is 11.1 Å². The number of rotatable bonds is 7. The third-order valence-electron chi connectivity index (χ3n) is 4.10. The number of nitriles is 1. The molecule has 23 heavy (non-hydrogen) atoms. The van der Waals surface area contributed by atoms with Crippen LogP contribution < -0.4 is 4.74 Å². The summed E-state index contributed by atoms with van der Waals surface area (Å²) in [6.45, 7) is 5.34. The summed E-state index contributed by atoms with van der Waals surface area (Å²) in [4.78, 5) is 4.32. The van der Waals surface area contributed by atoms with Crippen molar-refractivity contribution in [1.82, 2.24) is 9.80 Å². The van der Waals surface area contributed by atoms with Gasteiger partial charge in [-0.3, -0.25) is 9.80 Å². The van der Waals surface area contributed by atoms with E-state index in [1.54, 1.807) is 13.2 Å². The smallest absolute Gasteiger partial charge is 0.160 e. The lowest BCUT2D eigenvalue weighted by atomic mass is 10.0. The molecule has 1 fully saturated rings. The molecule has 2 rings (SSSR count). The second-order valence-electron chi connectivity index (χ2n) is 5.83. The van der Waals surface area contributed by atoms with Gasteiger partial charge in [-0.1, -0.05) is 0 Å². The molecule has 0 spiro atoms. The van der Waals surface area contributed by atoms with E-state index in [1.807, 2.05) is 18.0 Å². The number of hydrogen-bond acceptors (Lipinski definition) is 6. The van der Waals surface area contributed by atoms with Crippen LogP contribution in [-0.4, -0.2) is 68.5 Å². The topological polar surface area (TPSA) is 69.0 Å². The van der Waals surface area contributed by atoms with Crippen LogP contribution in [0, 0.1) is 11.3 Å². The van der Waals surface area contributed by atoms with Crippen molar-refractivity contribution >= 4 is 0 Å². The molecule has 1 saturated heterocycles. The minimum Gasteiger partial charge on any atom is -0.504 e. The Morgan fingerprint density at radius 2 is 2.09 bits per heavy atom. The molecule has 6 heteroatoms. The van der Waals surface area contributed by atoms with Gasteiger partial charge in [0, 0.05) is 26.2 Å². The van der Waals surface area contributed by atoms with E-state index in [4.69, 9.17) is 14.7 Å². The fourth-order valence-electron chi connectivity index (χ4n) is 2.71. The van der Waals surface area contributed by atoms with Crippen molar-refractivity contribution < 1.29 is 14.6 Å². The summed E-state index contributed by atoms with van der Waals surface area (Å²) in [6.07, 6.45) is 0.787. The van der Waals surface area contributed by atoms with Gasteiger partial charge in [0.15, 0.2) is 11.5 Å². The van der Waals surface area contributed by atoms with Gasteiger partial charge in [-0.15, -0.1) is 0 Å². The normalized spacial score (nSPS) is 15.6. The number of phenolic OH excluding ortho intramolecular Hbond substituents is 1. The summed E-state index contributed by atoms with van der Waals surface area (Å²) in [5, 5.41) is 18.8.